The van der Waals surface area contributed by atoms with Crippen LogP contribution in [0.1, 0.15) is 0 Å². The van der Waals surface area contributed by atoms with E-state index in [4.69, 9.17) is 4.42 Å². The summed E-state index contributed by atoms with van der Waals surface area (Å²) in [6, 6.07) is 94.4. The van der Waals surface area contributed by atoms with Gasteiger partial charge in [-0.25, -0.2) is 0 Å². The van der Waals surface area contributed by atoms with Gasteiger partial charge in [-0.2, -0.15) is 0 Å². The smallest absolute Gasteiger partial charge is 0.135 e. The Labute approximate surface area is 395 Å². The van der Waals surface area contributed by atoms with Gasteiger partial charge >= 0.3 is 0 Å². The van der Waals surface area contributed by atoms with E-state index in [9.17, 15) is 0 Å². The fraction of sp³-hybridized carbons (Fsp3) is 0. The average Bonchev–Trinajstić information content (AvgIpc) is 3.96. The lowest BCUT2D eigenvalue weighted by Crippen LogP contribution is -1.93. The van der Waals surface area contributed by atoms with E-state index in [-0.39, 0.29) is 0 Å². The van der Waals surface area contributed by atoms with Crippen LogP contribution in [-0.2, 0) is 0 Å². The number of furan rings is 1. The summed E-state index contributed by atoms with van der Waals surface area (Å²) in [4.78, 5) is 0. The fourth-order valence-corrected chi connectivity index (χ4v) is 10.2. The first-order valence-electron chi connectivity index (χ1n) is 23.3. The van der Waals surface area contributed by atoms with Crippen molar-refractivity contribution in [2.24, 2.45) is 0 Å². The van der Waals surface area contributed by atoms with Gasteiger partial charge in [0.2, 0.25) is 0 Å². The number of nitrogens with zero attached hydrogens (tertiary/aromatic N) is 1. The molecule has 0 aliphatic rings. The van der Waals surface area contributed by atoms with E-state index >= 15 is 0 Å². The van der Waals surface area contributed by atoms with Crippen molar-refractivity contribution in [3.63, 3.8) is 0 Å². The third-order valence-electron chi connectivity index (χ3n) is 13.6. The molecule has 68 heavy (non-hydrogen) atoms. The van der Waals surface area contributed by atoms with Crippen LogP contribution in [0, 0.1) is 0 Å². The van der Waals surface area contributed by atoms with Crippen LogP contribution in [0.3, 0.4) is 0 Å². The van der Waals surface area contributed by atoms with Crippen LogP contribution >= 0.6 is 0 Å². The number of fused-ring (bicyclic) bond motifs is 6. The van der Waals surface area contributed by atoms with Crippen LogP contribution in [0.25, 0.3) is 127 Å². The lowest BCUT2D eigenvalue weighted by molar-refractivity contribution is 0.669. The van der Waals surface area contributed by atoms with E-state index in [0.29, 0.717) is 0 Å². The SMILES string of the molecule is c1ccc(-c2cccc(-c3cccc(-c4cccc(-c5cccc(-c6cccc(-c7ccc8oc9ccc(-n%10c%11ccccc%11c%11cc(-c%12ccccc%12)ccc%11%10)cc9c8c7)c6)c5)c4)c3)c2)cc1. The molecule has 0 N–H and O–H groups in total. The number of aromatic nitrogens is 1. The van der Waals surface area contributed by atoms with E-state index in [2.05, 4.69) is 265 Å². The number of hydrogen-bond acceptors (Lipinski definition) is 1. The molecule has 0 fully saturated rings. The third-order valence-corrected chi connectivity index (χ3v) is 13.6. The molecule has 0 unspecified atom stereocenters. The summed E-state index contributed by atoms with van der Waals surface area (Å²) in [5.74, 6) is 0. The molecule has 0 saturated heterocycles. The highest BCUT2D eigenvalue weighted by Gasteiger charge is 2.16. The first kappa shape index (κ1) is 39.4. The molecule has 318 valence electrons. The van der Waals surface area contributed by atoms with Gasteiger partial charge in [0, 0.05) is 27.2 Å². The van der Waals surface area contributed by atoms with Crippen LogP contribution < -0.4 is 0 Å². The van der Waals surface area contributed by atoms with E-state index in [1.54, 1.807) is 0 Å². The summed E-state index contributed by atoms with van der Waals surface area (Å²) in [6.07, 6.45) is 0. The van der Waals surface area contributed by atoms with Gasteiger partial charge in [-0.05, 0) is 157 Å². The highest BCUT2D eigenvalue weighted by molar-refractivity contribution is 6.12. The Bertz CT molecular complexity index is 4020. The number of para-hydroxylation sites is 1. The Hall–Kier alpha value is -8.98. The minimum Gasteiger partial charge on any atom is -0.456 e. The van der Waals surface area contributed by atoms with Crippen molar-refractivity contribution >= 4 is 43.7 Å². The highest BCUT2D eigenvalue weighted by Crippen LogP contribution is 2.40. The van der Waals surface area contributed by atoms with Gasteiger partial charge in [0.1, 0.15) is 11.2 Å². The van der Waals surface area contributed by atoms with Gasteiger partial charge in [-0.3, -0.25) is 0 Å². The van der Waals surface area contributed by atoms with Gasteiger partial charge in [0.25, 0.3) is 0 Å². The summed E-state index contributed by atoms with van der Waals surface area (Å²) in [7, 11) is 0. The maximum Gasteiger partial charge on any atom is 0.135 e. The van der Waals surface area contributed by atoms with Crippen molar-refractivity contribution in [2.75, 3.05) is 0 Å². The summed E-state index contributed by atoms with van der Waals surface area (Å²) in [5.41, 5.74) is 21.9. The number of hydrogen-bond donors (Lipinski definition) is 0. The highest BCUT2D eigenvalue weighted by atomic mass is 16.3. The molecule has 0 amide bonds. The van der Waals surface area contributed by atoms with Crippen molar-refractivity contribution in [3.8, 4) is 83.6 Å². The van der Waals surface area contributed by atoms with Crippen molar-refractivity contribution in [1.29, 1.82) is 0 Å². The van der Waals surface area contributed by atoms with Gasteiger partial charge in [-0.15, -0.1) is 0 Å². The normalized spacial score (nSPS) is 11.5. The Kier molecular flexibility index (Phi) is 9.54. The minimum atomic E-state index is 0.879. The van der Waals surface area contributed by atoms with Gasteiger partial charge in [0.05, 0.1) is 11.0 Å². The first-order valence-corrected chi connectivity index (χ1v) is 23.3. The van der Waals surface area contributed by atoms with Crippen LogP contribution in [-0.4, -0.2) is 4.57 Å². The lowest BCUT2D eigenvalue weighted by atomic mass is 9.93. The third kappa shape index (κ3) is 7.08. The molecule has 0 radical (unpaired) electrons. The van der Waals surface area contributed by atoms with Crippen molar-refractivity contribution in [3.05, 3.63) is 261 Å². The Morgan fingerprint density at radius 3 is 1.04 bits per heavy atom. The largest absolute Gasteiger partial charge is 0.456 e. The molecule has 0 aliphatic carbocycles. The maximum absolute atomic E-state index is 6.48. The molecule has 13 rings (SSSR count). The topological polar surface area (TPSA) is 18.1 Å². The quantitative estimate of drug-likeness (QED) is 0.149. The molecule has 2 heteroatoms. The molecule has 0 atom stereocenters. The van der Waals surface area contributed by atoms with Gasteiger partial charge in [-0.1, -0.05) is 182 Å². The second kappa shape index (κ2) is 16.5. The second-order valence-corrected chi connectivity index (χ2v) is 17.7. The number of benzene rings is 11. The molecule has 0 spiro atoms. The number of rotatable bonds is 8. The zero-order chi connectivity index (χ0) is 45.0. The maximum atomic E-state index is 6.48. The standard InChI is InChI=1S/C66H43NO/c1-3-14-44(15-4-1)46-18-9-19-47(36-46)48-20-10-21-49(37-48)50-22-11-23-51(38-50)52-24-12-25-53(39-52)54-26-13-27-55(40-54)57-31-34-65-61(42-57)62-43-58(32-35-66(62)68-65)67-63-29-8-7-28-59(63)60-41-56(30-33-64(60)67)45-16-5-2-6-17-45/h1-43H. The average molecular weight is 866 g/mol. The Balaban J connectivity index is 0.814. The molecule has 0 saturated carbocycles. The molecular weight excluding hydrogens is 823 g/mol. The zero-order valence-electron chi connectivity index (χ0n) is 37.2. The van der Waals surface area contributed by atoms with E-state index < -0.39 is 0 Å². The molecule has 2 nitrogen and oxygen atoms in total. The first-order chi connectivity index (χ1) is 33.7. The van der Waals surface area contributed by atoms with E-state index in [0.717, 1.165) is 38.8 Å². The van der Waals surface area contributed by atoms with Crippen molar-refractivity contribution in [1.82, 2.24) is 4.57 Å². The summed E-state index contributed by atoms with van der Waals surface area (Å²) < 4.78 is 8.87. The molecular formula is C66H43NO. The van der Waals surface area contributed by atoms with E-state index in [1.807, 2.05) is 0 Å². The molecule has 2 heterocycles. The van der Waals surface area contributed by atoms with Crippen molar-refractivity contribution < 1.29 is 4.42 Å². The minimum absolute atomic E-state index is 0.879. The molecule has 0 bridgehead atoms. The van der Waals surface area contributed by atoms with Crippen molar-refractivity contribution in [2.45, 2.75) is 0 Å². The second-order valence-electron chi connectivity index (χ2n) is 17.7. The van der Waals surface area contributed by atoms with Gasteiger partial charge in [0.15, 0.2) is 0 Å². The molecule has 13 aromatic rings. The predicted octanol–water partition coefficient (Wildman–Crippen LogP) is 18.4. The Morgan fingerprint density at radius 1 is 0.206 bits per heavy atom. The monoisotopic (exact) mass is 865 g/mol. The lowest BCUT2D eigenvalue weighted by Gasteiger charge is -2.11. The predicted molar refractivity (Wildman–Crippen MR) is 286 cm³/mol. The molecule has 11 aromatic carbocycles. The molecule has 2 aromatic heterocycles. The van der Waals surface area contributed by atoms with Crippen LogP contribution in [0.5, 0.6) is 0 Å². The summed E-state index contributed by atoms with van der Waals surface area (Å²) in [6.45, 7) is 0. The van der Waals surface area contributed by atoms with Crippen LogP contribution in [0.15, 0.2) is 265 Å². The van der Waals surface area contributed by atoms with E-state index in [1.165, 1.54) is 88.6 Å². The summed E-state index contributed by atoms with van der Waals surface area (Å²) >= 11 is 0. The Morgan fingerprint density at radius 2 is 0.544 bits per heavy atom. The van der Waals surface area contributed by atoms with Crippen LogP contribution in [0.2, 0.25) is 0 Å². The van der Waals surface area contributed by atoms with Gasteiger partial charge < -0.3 is 8.98 Å². The summed E-state index contributed by atoms with van der Waals surface area (Å²) in [5, 5.41) is 4.68. The zero-order valence-corrected chi connectivity index (χ0v) is 37.2. The molecule has 0 aliphatic heterocycles. The van der Waals surface area contributed by atoms with Crippen LogP contribution in [0.4, 0.5) is 0 Å². The fourth-order valence-electron chi connectivity index (χ4n) is 10.2.